The normalized spacial score (nSPS) is 11.4. The molecule has 0 aromatic heterocycles. The molecule has 6 heteroatoms. The van der Waals surface area contributed by atoms with Crippen LogP contribution in [0.5, 0.6) is 11.5 Å². The standard InChI is InChI=1S/C23H30N2O4/c1-5-19(23(27)24-6-2)25(15-18-13-11-17(3)12-14-18)22(26)16-29-21-10-8-7-9-20(21)28-4/h7-14,19H,5-6,15-16H2,1-4H3,(H,24,27)/t19-/m0/s1. The molecule has 0 saturated heterocycles. The van der Waals surface area contributed by atoms with Crippen molar-refractivity contribution in [3.8, 4) is 11.5 Å². The van der Waals surface area contributed by atoms with Gasteiger partial charge in [-0.05, 0) is 38.0 Å². The van der Waals surface area contributed by atoms with E-state index >= 15 is 0 Å². The molecule has 2 amide bonds. The molecule has 0 saturated carbocycles. The van der Waals surface area contributed by atoms with Crippen LogP contribution in [0.2, 0.25) is 0 Å². The van der Waals surface area contributed by atoms with E-state index in [-0.39, 0.29) is 18.4 Å². The van der Waals surface area contributed by atoms with Gasteiger partial charge in [0.1, 0.15) is 6.04 Å². The number of hydrogen-bond acceptors (Lipinski definition) is 4. The SMILES string of the molecule is CCNC(=O)[C@H](CC)N(Cc1ccc(C)cc1)C(=O)COc1ccccc1OC. The first kappa shape index (κ1) is 22.3. The summed E-state index contributed by atoms with van der Waals surface area (Å²) in [5.74, 6) is 0.633. The number of nitrogens with one attached hydrogen (secondary N) is 1. The predicted octanol–water partition coefficient (Wildman–Crippen LogP) is 3.33. The maximum atomic E-state index is 13.1. The van der Waals surface area contributed by atoms with Gasteiger partial charge >= 0.3 is 0 Å². The second kappa shape index (κ2) is 11.1. The van der Waals surface area contributed by atoms with Crippen LogP contribution in [-0.2, 0) is 16.1 Å². The summed E-state index contributed by atoms with van der Waals surface area (Å²) in [6.45, 7) is 6.45. The summed E-state index contributed by atoms with van der Waals surface area (Å²) in [5, 5.41) is 2.83. The molecule has 0 aliphatic carbocycles. The molecular weight excluding hydrogens is 368 g/mol. The van der Waals surface area contributed by atoms with Gasteiger partial charge in [-0.15, -0.1) is 0 Å². The Hall–Kier alpha value is -3.02. The minimum atomic E-state index is -0.565. The van der Waals surface area contributed by atoms with Crippen LogP contribution < -0.4 is 14.8 Å². The molecule has 156 valence electrons. The van der Waals surface area contributed by atoms with E-state index in [1.165, 1.54) is 0 Å². The maximum absolute atomic E-state index is 13.1. The van der Waals surface area contributed by atoms with Crippen LogP contribution in [-0.4, -0.2) is 43.0 Å². The molecule has 0 radical (unpaired) electrons. The summed E-state index contributed by atoms with van der Waals surface area (Å²) < 4.78 is 11.0. The minimum Gasteiger partial charge on any atom is -0.493 e. The second-order valence-electron chi connectivity index (χ2n) is 6.77. The van der Waals surface area contributed by atoms with Gasteiger partial charge in [-0.3, -0.25) is 9.59 Å². The van der Waals surface area contributed by atoms with E-state index < -0.39 is 6.04 Å². The molecule has 29 heavy (non-hydrogen) atoms. The van der Waals surface area contributed by atoms with Crippen LogP contribution in [0.25, 0.3) is 0 Å². The van der Waals surface area contributed by atoms with Crippen LogP contribution in [0.3, 0.4) is 0 Å². The van der Waals surface area contributed by atoms with E-state index in [1.54, 1.807) is 24.1 Å². The number of likely N-dealkylation sites (N-methyl/N-ethyl adjacent to an activating group) is 1. The van der Waals surface area contributed by atoms with Gasteiger partial charge in [0, 0.05) is 13.1 Å². The average molecular weight is 399 g/mol. The zero-order chi connectivity index (χ0) is 21.2. The third-order valence-corrected chi connectivity index (χ3v) is 4.63. The van der Waals surface area contributed by atoms with Gasteiger partial charge in [-0.2, -0.15) is 0 Å². The lowest BCUT2D eigenvalue weighted by atomic mass is 10.1. The monoisotopic (exact) mass is 398 g/mol. The fourth-order valence-electron chi connectivity index (χ4n) is 3.06. The summed E-state index contributed by atoms with van der Waals surface area (Å²) >= 11 is 0. The summed E-state index contributed by atoms with van der Waals surface area (Å²) in [6.07, 6.45) is 0.512. The van der Waals surface area contributed by atoms with Crippen molar-refractivity contribution in [2.24, 2.45) is 0 Å². The topological polar surface area (TPSA) is 67.9 Å². The molecule has 2 rings (SSSR count). The number of hydrogen-bond donors (Lipinski definition) is 1. The molecule has 0 aliphatic rings. The first-order chi connectivity index (χ1) is 14.0. The van der Waals surface area contributed by atoms with Crippen LogP contribution in [0, 0.1) is 6.92 Å². The van der Waals surface area contributed by atoms with E-state index in [9.17, 15) is 9.59 Å². The number of nitrogens with zero attached hydrogens (tertiary/aromatic N) is 1. The van der Waals surface area contributed by atoms with Gasteiger partial charge in [0.2, 0.25) is 5.91 Å². The summed E-state index contributed by atoms with van der Waals surface area (Å²) in [7, 11) is 1.55. The molecule has 1 N–H and O–H groups in total. The summed E-state index contributed by atoms with van der Waals surface area (Å²) in [4.78, 5) is 27.2. The minimum absolute atomic E-state index is 0.159. The van der Waals surface area contributed by atoms with Crippen LogP contribution in [0.15, 0.2) is 48.5 Å². The fraction of sp³-hybridized carbons (Fsp3) is 0.391. The number of methoxy groups -OCH3 is 1. The number of carbonyl (C=O) groups excluding carboxylic acids is 2. The number of aryl methyl sites for hydroxylation is 1. The highest BCUT2D eigenvalue weighted by Gasteiger charge is 2.28. The van der Waals surface area contributed by atoms with Crippen molar-refractivity contribution in [2.75, 3.05) is 20.3 Å². The lowest BCUT2D eigenvalue weighted by molar-refractivity contribution is -0.142. The highest BCUT2D eigenvalue weighted by molar-refractivity contribution is 5.88. The van der Waals surface area contributed by atoms with Crippen molar-refractivity contribution in [1.82, 2.24) is 10.2 Å². The van der Waals surface area contributed by atoms with Crippen molar-refractivity contribution >= 4 is 11.8 Å². The number of ether oxygens (including phenoxy) is 2. The average Bonchev–Trinajstić information content (AvgIpc) is 2.73. The lowest BCUT2D eigenvalue weighted by Gasteiger charge is -2.30. The lowest BCUT2D eigenvalue weighted by Crippen LogP contribution is -2.50. The van der Waals surface area contributed by atoms with Crippen LogP contribution in [0.4, 0.5) is 0 Å². The molecule has 0 aliphatic heterocycles. The third kappa shape index (κ3) is 6.24. The van der Waals surface area contributed by atoms with Crippen molar-refractivity contribution in [1.29, 1.82) is 0 Å². The number of rotatable bonds is 10. The largest absolute Gasteiger partial charge is 0.493 e. The Morgan fingerprint density at radius 1 is 1.03 bits per heavy atom. The van der Waals surface area contributed by atoms with Gasteiger partial charge in [0.25, 0.3) is 5.91 Å². The van der Waals surface area contributed by atoms with Crippen molar-refractivity contribution in [2.45, 2.75) is 39.8 Å². The highest BCUT2D eigenvalue weighted by atomic mass is 16.5. The maximum Gasteiger partial charge on any atom is 0.261 e. The van der Waals surface area contributed by atoms with E-state index in [0.29, 0.717) is 31.0 Å². The number of carbonyl (C=O) groups is 2. The van der Waals surface area contributed by atoms with Gasteiger partial charge in [-0.1, -0.05) is 48.9 Å². The van der Waals surface area contributed by atoms with Gasteiger partial charge < -0.3 is 19.7 Å². The first-order valence-electron chi connectivity index (χ1n) is 9.88. The number of benzene rings is 2. The van der Waals surface area contributed by atoms with Gasteiger partial charge in [0.15, 0.2) is 18.1 Å². The summed E-state index contributed by atoms with van der Waals surface area (Å²) in [5.41, 5.74) is 2.10. The van der Waals surface area contributed by atoms with Gasteiger partial charge in [0.05, 0.1) is 7.11 Å². The predicted molar refractivity (Wildman–Crippen MR) is 113 cm³/mol. The Morgan fingerprint density at radius 2 is 1.69 bits per heavy atom. The van der Waals surface area contributed by atoms with Gasteiger partial charge in [-0.25, -0.2) is 0 Å². The molecule has 0 spiro atoms. The zero-order valence-electron chi connectivity index (χ0n) is 17.6. The fourth-order valence-corrected chi connectivity index (χ4v) is 3.06. The van der Waals surface area contributed by atoms with E-state index in [2.05, 4.69) is 5.32 Å². The van der Waals surface area contributed by atoms with E-state index in [1.807, 2.05) is 57.2 Å². The molecule has 0 bridgehead atoms. The number of amides is 2. The Morgan fingerprint density at radius 3 is 2.28 bits per heavy atom. The molecule has 0 fully saturated rings. The first-order valence-corrected chi connectivity index (χ1v) is 9.88. The quantitative estimate of drug-likeness (QED) is 0.667. The Balaban J connectivity index is 2.20. The summed E-state index contributed by atoms with van der Waals surface area (Å²) in [6, 6.07) is 14.5. The van der Waals surface area contributed by atoms with Crippen molar-refractivity contribution in [3.05, 3.63) is 59.7 Å². The molecule has 6 nitrogen and oxygen atoms in total. The number of para-hydroxylation sites is 2. The molecule has 2 aromatic rings. The zero-order valence-corrected chi connectivity index (χ0v) is 17.6. The van der Waals surface area contributed by atoms with Crippen LogP contribution in [0.1, 0.15) is 31.4 Å². The Labute approximate surface area is 172 Å². The van der Waals surface area contributed by atoms with Crippen molar-refractivity contribution < 1.29 is 19.1 Å². The van der Waals surface area contributed by atoms with E-state index in [0.717, 1.165) is 11.1 Å². The smallest absolute Gasteiger partial charge is 0.261 e. The Kier molecular flexibility index (Phi) is 8.52. The van der Waals surface area contributed by atoms with E-state index in [4.69, 9.17) is 9.47 Å². The second-order valence-corrected chi connectivity index (χ2v) is 6.77. The third-order valence-electron chi connectivity index (χ3n) is 4.63. The molecule has 0 heterocycles. The molecule has 2 aromatic carbocycles. The highest BCUT2D eigenvalue weighted by Crippen LogP contribution is 2.26. The molecule has 1 atom stereocenters. The molecular formula is C23H30N2O4. The van der Waals surface area contributed by atoms with Crippen molar-refractivity contribution in [3.63, 3.8) is 0 Å². The Bertz CT molecular complexity index is 805. The van der Waals surface area contributed by atoms with Crippen LogP contribution >= 0.6 is 0 Å². The molecule has 0 unspecified atom stereocenters.